The van der Waals surface area contributed by atoms with Gasteiger partial charge in [-0.25, -0.2) is 0 Å². The Morgan fingerprint density at radius 2 is 1.90 bits per heavy atom. The maximum absolute atomic E-state index is 3.58. The van der Waals surface area contributed by atoms with Gasteiger partial charge in [0.05, 0.1) is 0 Å². The van der Waals surface area contributed by atoms with E-state index in [1.54, 1.807) is 11.3 Å². The molecule has 1 N–H and O–H groups in total. The van der Waals surface area contributed by atoms with Gasteiger partial charge in [0, 0.05) is 12.0 Å². The molecule has 3 unspecified atom stereocenters. The van der Waals surface area contributed by atoms with E-state index in [9.17, 15) is 0 Å². The smallest absolute Gasteiger partial charge is 0.0138 e. The average molecular weight is 301 g/mol. The van der Waals surface area contributed by atoms with Crippen LogP contribution in [0.25, 0.3) is 0 Å². The first kappa shape index (κ1) is 16.3. The molecule has 2 rings (SSSR count). The van der Waals surface area contributed by atoms with Gasteiger partial charge in [0.1, 0.15) is 0 Å². The van der Waals surface area contributed by atoms with Crippen LogP contribution < -0.4 is 5.32 Å². The number of thiophene rings is 1. The van der Waals surface area contributed by atoms with E-state index in [4.69, 9.17) is 0 Å². The van der Waals surface area contributed by atoms with E-state index < -0.39 is 0 Å². The molecule has 1 heterocycles. The molecule has 0 aliphatic heterocycles. The molecule has 1 aromatic carbocycles. The average Bonchev–Trinajstić information content (AvgIpc) is 3.05. The minimum Gasteiger partial charge on any atom is -0.316 e. The largest absolute Gasteiger partial charge is 0.316 e. The van der Waals surface area contributed by atoms with Crippen LogP contribution in [0.1, 0.15) is 43.7 Å². The lowest BCUT2D eigenvalue weighted by Gasteiger charge is -2.32. The topological polar surface area (TPSA) is 12.0 Å². The van der Waals surface area contributed by atoms with Crippen LogP contribution in [0.5, 0.6) is 0 Å². The summed E-state index contributed by atoms with van der Waals surface area (Å²) in [5, 5.41) is 8.03. The Kier molecular flexibility index (Phi) is 6.47. The maximum Gasteiger partial charge on any atom is 0.0138 e. The molecule has 0 radical (unpaired) electrons. The van der Waals surface area contributed by atoms with Crippen molar-refractivity contribution in [3.63, 3.8) is 0 Å². The number of hydrogen-bond acceptors (Lipinski definition) is 2. The van der Waals surface area contributed by atoms with Gasteiger partial charge in [-0.3, -0.25) is 0 Å². The molecule has 2 heteroatoms. The summed E-state index contributed by atoms with van der Waals surface area (Å²) in [5.41, 5.74) is 2.94. The van der Waals surface area contributed by atoms with Gasteiger partial charge in [0.15, 0.2) is 0 Å². The molecule has 0 bridgehead atoms. The first-order valence-electron chi connectivity index (χ1n) is 7.99. The molecule has 0 fully saturated rings. The molecule has 0 saturated heterocycles. The van der Waals surface area contributed by atoms with Crippen LogP contribution in [0.4, 0.5) is 0 Å². The highest BCUT2D eigenvalue weighted by atomic mass is 32.1. The van der Waals surface area contributed by atoms with Crippen LogP contribution >= 0.6 is 11.3 Å². The van der Waals surface area contributed by atoms with Crippen molar-refractivity contribution in [2.45, 2.75) is 45.1 Å². The van der Waals surface area contributed by atoms with Crippen molar-refractivity contribution >= 4 is 11.3 Å². The normalized spacial score (nSPS) is 15.6. The molecule has 1 nitrogen and oxygen atoms in total. The van der Waals surface area contributed by atoms with Gasteiger partial charge in [0.2, 0.25) is 0 Å². The third-order valence-electron chi connectivity index (χ3n) is 4.57. The number of likely N-dealkylation sites (N-methyl/N-ethyl adjacent to an activating group) is 1. The summed E-state index contributed by atoms with van der Waals surface area (Å²) in [4.78, 5) is 0. The third kappa shape index (κ3) is 4.42. The van der Waals surface area contributed by atoms with Gasteiger partial charge < -0.3 is 5.32 Å². The van der Waals surface area contributed by atoms with Crippen molar-refractivity contribution < 1.29 is 0 Å². The molecule has 3 atom stereocenters. The van der Waals surface area contributed by atoms with Crippen LogP contribution in [-0.4, -0.2) is 13.1 Å². The van der Waals surface area contributed by atoms with E-state index in [1.165, 1.54) is 24.0 Å². The molecule has 0 saturated carbocycles. The molecule has 2 aromatic rings. The fraction of sp³-hybridized carbons (Fsp3) is 0.474. The van der Waals surface area contributed by atoms with Crippen molar-refractivity contribution in [2.24, 2.45) is 5.92 Å². The molecule has 21 heavy (non-hydrogen) atoms. The first-order valence-corrected chi connectivity index (χ1v) is 8.93. The Hall–Kier alpha value is -1.12. The Bertz CT molecular complexity index is 492. The van der Waals surface area contributed by atoms with E-state index >= 15 is 0 Å². The van der Waals surface area contributed by atoms with Crippen molar-refractivity contribution in [1.29, 1.82) is 0 Å². The van der Waals surface area contributed by atoms with Crippen LogP contribution in [0, 0.1) is 5.92 Å². The summed E-state index contributed by atoms with van der Waals surface area (Å²) >= 11 is 1.79. The van der Waals surface area contributed by atoms with Crippen LogP contribution in [-0.2, 0) is 6.42 Å². The highest BCUT2D eigenvalue weighted by Gasteiger charge is 2.26. The quantitative estimate of drug-likeness (QED) is 0.715. The Morgan fingerprint density at radius 1 is 1.14 bits per heavy atom. The van der Waals surface area contributed by atoms with Crippen molar-refractivity contribution in [1.82, 2.24) is 5.32 Å². The molecule has 0 spiro atoms. The number of hydrogen-bond donors (Lipinski definition) is 1. The zero-order chi connectivity index (χ0) is 15.1. The highest BCUT2D eigenvalue weighted by Crippen LogP contribution is 2.32. The summed E-state index contributed by atoms with van der Waals surface area (Å²) in [5.74, 6) is 1.27. The van der Waals surface area contributed by atoms with E-state index in [-0.39, 0.29) is 0 Å². The molecular formula is C19H27NS. The molecular weight excluding hydrogens is 274 g/mol. The molecule has 114 valence electrons. The van der Waals surface area contributed by atoms with Gasteiger partial charge in [-0.15, -0.1) is 0 Å². The van der Waals surface area contributed by atoms with E-state index in [0.29, 0.717) is 17.9 Å². The number of benzene rings is 1. The van der Waals surface area contributed by atoms with E-state index in [0.717, 1.165) is 6.42 Å². The zero-order valence-corrected chi connectivity index (χ0v) is 14.2. The van der Waals surface area contributed by atoms with Gasteiger partial charge in [-0.1, -0.05) is 50.6 Å². The van der Waals surface area contributed by atoms with Crippen molar-refractivity contribution in [2.75, 3.05) is 7.05 Å². The van der Waals surface area contributed by atoms with Gasteiger partial charge in [-0.2, -0.15) is 11.3 Å². The first-order chi connectivity index (χ1) is 10.3. The monoisotopic (exact) mass is 301 g/mol. The predicted molar refractivity (Wildman–Crippen MR) is 94.1 cm³/mol. The van der Waals surface area contributed by atoms with E-state index in [1.807, 2.05) is 0 Å². The summed E-state index contributed by atoms with van der Waals surface area (Å²) in [7, 11) is 2.11. The second-order valence-corrected chi connectivity index (χ2v) is 6.67. The molecule has 0 amide bonds. The number of nitrogens with one attached hydrogen (secondary N) is 1. The zero-order valence-electron chi connectivity index (χ0n) is 13.4. The number of aryl methyl sites for hydroxylation is 1. The number of rotatable bonds is 8. The SMILES string of the molecule is CCC(C)C(c1ccccc1)C(CCc1ccsc1)NC. The summed E-state index contributed by atoms with van der Waals surface area (Å²) < 4.78 is 0. The molecule has 0 aliphatic carbocycles. The van der Waals surface area contributed by atoms with Gasteiger partial charge in [-0.05, 0) is 53.8 Å². The standard InChI is InChI=1S/C19H27NS/c1-4-15(2)19(17-8-6-5-7-9-17)18(20-3)11-10-16-12-13-21-14-16/h5-9,12-15,18-20H,4,10-11H2,1-3H3. The van der Waals surface area contributed by atoms with Crippen molar-refractivity contribution in [3.05, 3.63) is 58.3 Å². The lowest BCUT2D eigenvalue weighted by Crippen LogP contribution is -2.35. The minimum absolute atomic E-state index is 0.530. The molecule has 1 aromatic heterocycles. The van der Waals surface area contributed by atoms with Crippen LogP contribution in [0.3, 0.4) is 0 Å². The van der Waals surface area contributed by atoms with Gasteiger partial charge >= 0.3 is 0 Å². The summed E-state index contributed by atoms with van der Waals surface area (Å²) in [6.45, 7) is 4.68. The third-order valence-corrected chi connectivity index (χ3v) is 5.30. The fourth-order valence-electron chi connectivity index (χ4n) is 3.15. The Morgan fingerprint density at radius 3 is 2.48 bits per heavy atom. The van der Waals surface area contributed by atoms with Crippen molar-refractivity contribution in [3.8, 4) is 0 Å². The van der Waals surface area contributed by atoms with Gasteiger partial charge in [0.25, 0.3) is 0 Å². The second kappa shape index (κ2) is 8.35. The highest BCUT2D eigenvalue weighted by molar-refractivity contribution is 7.07. The second-order valence-electron chi connectivity index (χ2n) is 5.89. The Balaban J connectivity index is 2.13. The Labute approximate surface area is 133 Å². The fourth-order valence-corrected chi connectivity index (χ4v) is 3.85. The summed E-state index contributed by atoms with van der Waals surface area (Å²) in [6.07, 6.45) is 3.57. The maximum atomic E-state index is 3.58. The van der Waals surface area contributed by atoms with Crippen LogP contribution in [0.15, 0.2) is 47.2 Å². The molecule has 0 aliphatic rings. The lowest BCUT2D eigenvalue weighted by atomic mass is 9.78. The van der Waals surface area contributed by atoms with Crippen LogP contribution in [0.2, 0.25) is 0 Å². The lowest BCUT2D eigenvalue weighted by molar-refractivity contribution is 0.334. The summed E-state index contributed by atoms with van der Waals surface area (Å²) in [6, 6.07) is 13.8. The van der Waals surface area contributed by atoms with E-state index in [2.05, 4.69) is 73.4 Å². The minimum atomic E-state index is 0.530. The predicted octanol–water partition coefficient (Wildman–Crippen LogP) is 5.10.